The molecule has 1 aromatic carbocycles. The number of hydrogen-bond donors (Lipinski definition) is 1. The van der Waals surface area contributed by atoms with Gasteiger partial charge in [0, 0.05) is 11.0 Å². The maximum absolute atomic E-state index is 11.0. The summed E-state index contributed by atoms with van der Waals surface area (Å²) in [5.74, 6) is -0.330. The Morgan fingerprint density at radius 1 is 1.50 bits per heavy atom. The molecule has 2 nitrogen and oxygen atoms in total. The SMILES string of the molecule is CCOC(=O)/C=C/c1ccccc1S. The van der Waals surface area contributed by atoms with Gasteiger partial charge in [-0.15, -0.1) is 12.6 Å². The van der Waals surface area contributed by atoms with E-state index in [1.165, 1.54) is 6.08 Å². The normalized spacial score (nSPS) is 10.4. The second-order valence-electron chi connectivity index (χ2n) is 2.64. The Balaban J connectivity index is 2.69. The van der Waals surface area contributed by atoms with Crippen LogP contribution in [0.2, 0.25) is 0 Å². The number of thiol groups is 1. The lowest BCUT2D eigenvalue weighted by molar-refractivity contribution is -0.137. The first-order valence-corrected chi connectivity index (χ1v) is 4.81. The van der Waals surface area contributed by atoms with E-state index in [9.17, 15) is 4.79 Å². The average Bonchev–Trinajstić information content (AvgIpc) is 2.17. The molecule has 0 atom stereocenters. The standard InChI is InChI=1S/C11H12O2S/c1-2-13-11(12)8-7-9-5-3-4-6-10(9)14/h3-8,14H,2H2,1H3/b8-7+. The highest BCUT2D eigenvalue weighted by Gasteiger charge is 1.95. The van der Waals surface area contributed by atoms with Crippen LogP contribution in [0.1, 0.15) is 12.5 Å². The maximum atomic E-state index is 11.0. The number of esters is 1. The molecular formula is C11H12O2S. The Morgan fingerprint density at radius 3 is 2.86 bits per heavy atom. The molecule has 0 saturated heterocycles. The fraction of sp³-hybridized carbons (Fsp3) is 0.182. The monoisotopic (exact) mass is 208 g/mol. The molecule has 14 heavy (non-hydrogen) atoms. The largest absolute Gasteiger partial charge is 0.463 e. The Kier molecular flexibility index (Phi) is 4.26. The lowest BCUT2D eigenvalue weighted by Gasteiger charge is -1.98. The highest BCUT2D eigenvalue weighted by molar-refractivity contribution is 7.80. The van der Waals surface area contributed by atoms with Crippen molar-refractivity contribution in [3.8, 4) is 0 Å². The van der Waals surface area contributed by atoms with Gasteiger partial charge in [-0.3, -0.25) is 0 Å². The predicted molar refractivity (Wildman–Crippen MR) is 59.4 cm³/mol. The van der Waals surface area contributed by atoms with E-state index < -0.39 is 0 Å². The van der Waals surface area contributed by atoms with Gasteiger partial charge < -0.3 is 4.74 Å². The first-order valence-electron chi connectivity index (χ1n) is 4.37. The average molecular weight is 208 g/mol. The predicted octanol–water partition coefficient (Wildman–Crippen LogP) is 2.55. The van der Waals surface area contributed by atoms with Crippen LogP contribution >= 0.6 is 12.6 Å². The molecule has 0 aliphatic heterocycles. The van der Waals surface area contributed by atoms with Crippen molar-refractivity contribution >= 4 is 24.7 Å². The van der Waals surface area contributed by atoms with Gasteiger partial charge in [0.2, 0.25) is 0 Å². The summed E-state index contributed by atoms with van der Waals surface area (Å²) in [5, 5.41) is 0. The van der Waals surface area contributed by atoms with Crippen molar-refractivity contribution < 1.29 is 9.53 Å². The smallest absolute Gasteiger partial charge is 0.330 e. The zero-order valence-corrected chi connectivity index (χ0v) is 8.83. The Hall–Kier alpha value is -1.22. The number of rotatable bonds is 3. The van der Waals surface area contributed by atoms with Crippen LogP contribution < -0.4 is 0 Å². The number of hydrogen-bond acceptors (Lipinski definition) is 3. The third-order valence-corrected chi connectivity index (χ3v) is 2.03. The van der Waals surface area contributed by atoms with Crippen molar-refractivity contribution in [2.45, 2.75) is 11.8 Å². The highest BCUT2D eigenvalue weighted by atomic mass is 32.1. The van der Waals surface area contributed by atoms with Crippen LogP contribution in [0.25, 0.3) is 6.08 Å². The van der Waals surface area contributed by atoms with Crippen LogP contribution in [0.3, 0.4) is 0 Å². The molecule has 0 aromatic heterocycles. The number of benzene rings is 1. The number of ether oxygens (including phenoxy) is 1. The van der Waals surface area contributed by atoms with Crippen molar-refractivity contribution in [1.82, 2.24) is 0 Å². The molecule has 74 valence electrons. The molecule has 0 radical (unpaired) electrons. The van der Waals surface area contributed by atoms with Crippen molar-refractivity contribution in [2.75, 3.05) is 6.61 Å². The van der Waals surface area contributed by atoms with Crippen LogP contribution in [0.5, 0.6) is 0 Å². The highest BCUT2D eigenvalue weighted by Crippen LogP contribution is 2.14. The minimum absolute atomic E-state index is 0.330. The van der Waals surface area contributed by atoms with E-state index in [-0.39, 0.29) is 5.97 Å². The van der Waals surface area contributed by atoms with E-state index in [2.05, 4.69) is 12.6 Å². The van der Waals surface area contributed by atoms with Gasteiger partial charge in [0.1, 0.15) is 0 Å². The number of carbonyl (C=O) groups excluding carboxylic acids is 1. The molecule has 0 aliphatic rings. The second-order valence-corrected chi connectivity index (χ2v) is 3.13. The molecule has 0 unspecified atom stereocenters. The van der Waals surface area contributed by atoms with Crippen molar-refractivity contribution in [3.05, 3.63) is 35.9 Å². The van der Waals surface area contributed by atoms with E-state index in [1.807, 2.05) is 24.3 Å². The third kappa shape index (κ3) is 3.26. The molecule has 0 fully saturated rings. The molecule has 0 bridgehead atoms. The fourth-order valence-electron chi connectivity index (χ4n) is 0.977. The van der Waals surface area contributed by atoms with Gasteiger partial charge in [0.15, 0.2) is 0 Å². The van der Waals surface area contributed by atoms with Crippen molar-refractivity contribution in [3.63, 3.8) is 0 Å². The molecule has 1 rings (SSSR count). The lowest BCUT2D eigenvalue weighted by Crippen LogP contribution is -1.98. The summed E-state index contributed by atoms with van der Waals surface area (Å²) in [6, 6.07) is 7.54. The minimum Gasteiger partial charge on any atom is -0.463 e. The van der Waals surface area contributed by atoms with Gasteiger partial charge in [0.25, 0.3) is 0 Å². The van der Waals surface area contributed by atoms with Crippen LogP contribution in [0, 0.1) is 0 Å². The second kappa shape index (κ2) is 5.50. The van der Waals surface area contributed by atoms with Crippen molar-refractivity contribution in [2.24, 2.45) is 0 Å². The Labute approximate surface area is 89.0 Å². The van der Waals surface area contributed by atoms with Gasteiger partial charge in [-0.25, -0.2) is 4.79 Å². The summed E-state index contributed by atoms with van der Waals surface area (Å²) >= 11 is 4.25. The zero-order valence-electron chi connectivity index (χ0n) is 7.93. The first kappa shape index (κ1) is 10.9. The van der Waals surface area contributed by atoms with E-state index in [1.54, 1.807) is 13.0 Å². The number of carbonyl (C=O) groups is 1. The molecule has 0 heterocycles. The molecule has 0 N–H and O–H groups in total. The van der Waals surface area contributed by atoms with Crippen LogP contribution in [-0.4, -0.2) is 12.6 Å². The van der Waals surface area contributed by atoms with Crippen LogP contribution in [0.15, 0.2) is 35.2 Å². The van der Waals surface area contributed by atoms with Gasteiger partial charge in [-0.05, 0) is 24.6 Å². The van der Waals surface area contributed by atoms with E-state index in [4.69, 9.17) is 4.74 Å². The molecule has 3 heteroatoms. The topological polar surface area (TPSA) is 26.3 Å². The molecule has 1 aromatic rings. The molecule has 0 saturated carbocycles. The fourth-order valence-corrected chi connectivity index (χ4v) is 1.21. The first-order chi connectivity index (χ1) is 6.74. The van der Waals surface area contributed by atoms with Gasteiger partial charge in [-0.2, -0.15) is 0 Å². The van der Waals surface area contributed by atoms with Gasteiger partial charge in [0.05, 0.1) is 6.61 Å². The van der Waals surface area contributed by atoms with Crippen LogP contribution in [0.4, 0.5) is 0 Å². The summed E-state index contributed by atoms with van der Waals surface area (Å²) < 4.78 is 4.75. The quantitative estimate of drug-likeness (QED) is 0.469. The third-order valence-electron chi connectivity index (χ3n) is 1.62. The van der Waals surface area contributed by atoms with Crippen LogP contribution in [-0.2, 0) is 9.53 Å². The minimum atomic E-state index is -0.330. The summed E-state index contributed by atoms with van der Waals surface area (Å²) in [7, 11) is 0. The van der Waals surface area contributed by atoms with Gasteiger partial charge in [-0.1, -0.05) is 18.2 Å². The Morgan fingerprint density at radius 2 is 2.21 bits per heavy atom. The van der Waals surface area contributed by atoms with E-state index in [0.717, 1.165) is 10.5 Å². The maximum Gasteiger partial charge on any atom is 0.330 e. The van der Waals surface area contributed by atoms with Crippen molar-refractivity contribution in [1.29, 1.82) is 0 Å². The van der Waals surface area contributed by atoms with E-state index in [0.29, 0.717) is 6.61 Å². The summed E-state index contributed by atoms with van der Waals surface area (Å²) in [6.07, 6.45) is 3.10. The zero-order chi connectivity index (χ0) is 10.4. The molecule has 0 aliphatic carbocycles. The van der Waals surface area contributed by atoms with E-state index >= 15 is 0 Å². The molecule has 0 amide bonds. The van der Waals surface area contributed by atoms with Gasteiger partial charge >= 0.3 is 5.97 Å². The molecular weight excluding hydrogens is 196 g/mol. The summed E-state index contributed by atoms with van der Waals surface area (Å²) in [6.45, 7) is 2.17. The molecule has 0 spiro atoms. The lowest BCUT2D eigenvalue weighted by atomic mass is 10.2. The summed E-state index contributed by atoms with van der Waals surface area (Å²) in [4.78, 5) is 11.8. The Bertz CT molecular complexity index is 345. The summed E-state index contributed by atoms with van der Waals surface area (Å²) in [5.41, 5.74) is 0.906.